The Morgan fingerprint density at radius 1 is 0.889 bits per heavy atom. The predicted octanol–water partition coefficient (Wildman–Crippen LogP) is 4.42. The van der Waals surface area contributed by atoms with Crippen LogP contribution in [0.25, 0.3) is 0 Å². The quantitative estimate of drug-likeness (QED) is 0.485. The number of anilines is 2. The number of hydrogen-bond donors (Lipinski definition) is 2. The molecule has 8 heteroatoms. The average Bonchev–Trinajstić information content (AvgIpc) is 3.48. The van der Waals surface area contributed by atoms with Gasteiger partial charge in [0.25, 0.3) is 0 Å². The molecule has 0 spiro atoms. The van der Waals surface area contributed by atoms with Crippen LogP contribution in [0.3, 0.4) is 0 Å². The molecular weight excluding hydrogens is 458 g/mol. The molecule has 4 unspecified atom stereocenters. The minimum absolute atomic E-state index is 0.0392. The molecule has 1 amide bonds. The first kappa shape index (κ1) is 24.1. The zero-order valence-electron chi connectivity index (χ0n) is 20.4. The number of fused-ring (bicyclic) bond motifs is 1. The SMILES string of the molecule is CN(C)c1ccc(CNC2COC3C(OC(=O)Nc4ccc(Oc5ccccc5)cc4)COC23)cc1. The lowest BCUT2D eigenvalue weighted by Gasteiger charge is -2.18. The molecule has 2 aliphatic rings. The largest absolute Gasteiger partial charge is 0.457 e. The molecule has 2 N–H and O–H groups in total. The molecule has 0 saturated carbocycles. The Morgan fingerprint density at radius 3 is 2.31 bits per heavy atom. The highest BCUT2D eigenvalue weighted by Gasteiger charge is 2.49. The van der Waals surface area contributed by atoms with Crippen LogP contribution in [0.2, 0.25) is 0 Å². The Hall–Kier alpha value is -3.59. The van der Waals surface area contributed by atoms with Gasteiger partial charge in [-0.1, -0.05) is 30.3 Å². The third kappa shape index (κ3) is 5.79. The molecular formula is C28H31N3O5. The fraction of sp³-hybridized carbons (Fsp3) is 0.321. The van der Waals surface area contributed by atoms with Crippen LogP contribution < -0.4 is 20.3 Å². The molecule has 2 saturated heterocycles. The summed E-state index contributed by atoms with van der Waals surface area (Å²) < 4.78 is 23.3. The summed E-state index contributed by atoms with van der Waals surface area (Å²) in [5, 5.41) is 6.29. The number of nitrogens with one attached hydrogen (secondary N) is 2. The van der Waals surface area contributed by atoms with E-state index in [0.29, 0.717) is 31.2 Å². The van der Waals surface area contributed by atoms with Gasteiger partial charge in [-0.05, 0) is 54.1 Å². The van der Waals surface area contributed by atoms with Crippen molar-refractivity contribution in [3.63, 3.8) is 0 Å². The van der Waals surface area contributed by atoms with Crippen LogP contribution in [-0.4, -0.2) is 57.8 Å². The van der Waals surface area contributed by atoms with E-state index < -0.39 is 12.2 Å². The van der Waals surface area contributed by atoms with Gasteiger partial charge < -0.3 is 29.2 Å². The highest BCUT2D eigenvalue weighted by atomic mass is 16.6. The van der Waals surface area contributed by atoms with Gasteiger partial charge in [0.05, 0.1) is 19.3 Å². The van der Waals surface area contributed by atoms with Crippen molar-refractivity contribution in [2.75, 3.05) is 37.5 Å². The van der Waals surface area contributed by atoms with Gasteiger partial charge in [0.15, 0.2) is 6.10 Å². The van der Waals surface area contributed by atoms with E-state index in [1.165, 1.54) is 5.56 Å². The van der Waals surface area contributed by atoms with Crippen molar-refractivity contribution < 1.29 is 23.7 Å². The maximum atomic E-state index is 12.5. The zero-order chi connectivity index (χ0) is 24.9. The van der Waals surface area contributed by atoms with E-state index in [0.717, 1.165) is 11.4 Å². The smallest absolute Gasteiger partial charge is 0.412 e. The normalized spacial score (nSPS) is 22.6. The second-order valence-electron chi connectivity index (χ2n) is 9.15. The number of ether oxygens (including phenoxy) is 4. The number of rotatable bonds is 8. The van der Waals surface area contributed by atoms with Crippen molar-refractivity contribution in [2.24, 2.45) is 0 Å². The molecule has 3 aromatic carbocycles. The molecule has 0 radical (unpaired) electrons. The Bertz CT molecular complexity index is 1140. The van der Waals surface area contributed by atoms with E-state index >= 15 is 0 Å². The number of amides is 1. The lowest BCUT2D eigenvalue weighted by Crippen LogP contribution is -2.41. The van der Waals surface area contributed by atoms with Crippen molar-refractivity contribution >= 4 is 17.5 Å². The molecule has 36 heavy (non-hydrogen) atoms. The van der Waals surface area contributed by atoms with Gasteiger partial charge in [-0.15, -0.1) is 0 Å². The Kier molecular flexibility index (Phi) is 7.36. The van der Waals surface area contributed by atoms with Crippen LogP contribution in [0.1, 0.15) is 5.56 Å². The summed E-state index contributed by atoms with van der Waals surface area (Å²) in [6.45, 7) is 1.53. The maximum absolute atomic E-state index is 12.5. The first-order valence-corrected chi connectivity index (χ1v) is 12.1. The van der Waals surface area contributed by atoms with E-state index in [1.807, 2.05) is 44.4 Å². The Labute approximate surface area is 211 Å². The Balaban J connectivity index is 1.08. The van der Waals surface area contributed by atoms with E-state index in [9.17, 15) is 4.79 Å². The number of nitrogens with zero attached hydrogens (tertiary/aromatic N) is 1. The summed E-state index contributed by atoms with van der Waals surface area (Å²) in [5.74, 6) is 1.43. The minimum Gasteiger partial charge on any atom is -0.457 e. The number of carbonyl (C=O) groups excluding carboxylic acids is 1. The van der Waals surface area contributed by atoms with E-state index in [4.69, 9.17) is 18.9 Å². The fourth-order valence-electron chi connectivity index (χ4n) is 4.42. The molecule has 2 aliphatic heterocycles. The van der Waals surface area contributed by atoms with Crippen molar-refractivity contribution in [1.82, 2.24) is 5.32 Å². The zero-order valence-corrected chi connectivity index (χ0v) is 20.4. The van der Waals surface area contributed by atoms with Gasteiger partial charge in [0.2, 0.25) is 0 Å². The molecule has 5 rings (SSSR count). The molecule has 8 nitrogen and oxygen atoms in total. The Morgan fingerprint density at radius 2 is 1.58 bits per heavy atom. The highest BCUT2D eigenvalue weighted by Crippen LogP contribution is 2.30. The van der Waals surface area contributed by atoms with Gasteiger partial charge in [0.1, 0.15) is 23.7 Å². The molecule has 4 atom stereocenters. The van der Waals surface area contributed by atoms with Gasteiger partial charge in [-0.3, -0.25) is 5.32 Å². The second kappa shape index (κ2) is 11.0. The second-order valence-corrected chi connectivity index (χ2v) is 9.15. The number of carbonyl (C=O) groups is 1. The van der Waals surface area contributed by atoms with E-state index in [-0.39, 0.29) is 18.2 Å². The molecule has 0 bridgehead atoms. The van der Waals surface area contributed by atoms with Crippen LogP contribution in [0, 0.1) is 0 Å². The van der Waals surface area contributed by atoms with Gasteiger partial charge in [0, 0.05) is 32.0 Å². The maximum Gasteiger partial charge on any atom is 0.412 e. The van der Waals surface area contributed by atoms with Crippen LogP contribution in [-0.2, 0) is 20.8 Å². The molecule has 3 aromatic rings. The van der Waals surface area contributed by atoms with Crippen LogP contribution in [0.15, 0.2) is 78.9 Å². The van der Waals surface area contributed by atoms with E-state index in [2.05, 4.69) is 39.8 Å². The van der Waals surface area contributed by atoms with Gasteiger partial charge >= 0.3 is 6.09 Å². The molecule has 2 fully saturated rings. The number of para-hydroxylation sites is 1. The lowest BCUT2D eigenvalue weighted by molar-refractivity contribution is 0.00854. The standard InChI is InChI=1S/C28H31N3O5/c1-31(2)21-12-8-19(9-13-21)16-29-24-17-33-27-25(18-34-26(24)27)36-28(32)30-20-10-14-23(15-11-20)35-22-6-4-3-5-7-22/h3-15,24-27,29H,16-18H2,1-2H3,(H,30,32). The van der Waals surface area contributed by atoms with Crippen LogP contribution in [0.4, 0.5) is 16.2 Å². The van der Waals surface area contributed by atoms with Crippen LogP contribution >= 0.6 is 0 Å². The summed E-state index contributed by atoms with van der Waals surface area (Å²) >= 11 is 0. The topological polar surface area (TPSA) is 81.3 Å². The molecule has 188 valence electrons. The monoisotopic (exact) mass is 489 g/mol. The molecule has 0 aliphatic carbocycles. The summed E-state index contributed by atoms with van der Waals surface area (Å²) in [4.78, 5) is 14.6. The third-order valence-corrected chi connectivity index (χ3v) is 6.37. The lowest BCUT2D eigenvalue weighted by atomic mass is 10.1. The summed E-state index contributed by atoms with van der Waals surface area (Å²) in [5.41, 5.74) is 2.97. The molecule has 2 heterocycles. The van der Waals surface area contributed by atoms with Gasteiger partial charge in [-0.2, -0.15) is 0 Å². The van der Waals surface area contributed by atoms with Crippen LogP contribution in [0.5, 0.6) is 11.5 Å². The molecule has 0 aromatic heterocycles. The number of hydrogen-bond acceptors (Lipinski definition) is 7. The first-order valence-electron chi connectivity index (χ1n) is 12.1. The van der Waals surface area contributed by atoms with Crippen molar-refractivity contribution in [3.05, 3.63) is 84.4 Å². The number of benzene rings is 3. The van der Waals surface area contributed by atoms with Crippen molar-refractivity contribution in [3.8, 4) is 11.5 Å². The summed E-state index contributed by atoms with van der Waals surface area (Å²) in [7, 11) is 4.05. The van der Waals surface area contributed by atoms with E-state index in [1.54, 1.807) is 24.3 Å². The summed E-state index contributed by atoms with van der Waals surface area (Å²) in [6, 6.07) is 25.1. The van der Waals surface area contributed by atoms with Gasteiger partial charge in [-0.25, -0.2) is 4.79 Å². The predicted molar refractivity (Wildman–Crippen MR) is 138 cm³/mol. The van der Waals surface area contributed by atoms with Crippen molar-refractivity contribution in [1.29, 1.82) is 0 Å². The highest BCUT2D eigenvalue weighted by molar-refractivity contribution is 5.84. The minimum atomic E-state index is -0.540. The fourth-order valence-corrected chi connectivity index (χ4v) is 4.42. The first-order chi connectivity index (χ1) is 17.5. The third-order valence-electron chi connectivity index (χ3n) is 6.37. The summed E-state index contributed by atoms with van der Waals surface area (Å²) in [6.07, 6.45) is -1.44. The average molecular weight is 490 g/mol. The van der Waals surface area contributed by atoms with Crippen molar-refractivity contribution in [2.45, 2.75) is 30.9 Å².